The van der Waals surface area contributed by atoms with E-state index in [4.69, 9.17) is 0 Å². The molecule has 0 aromatic heterocycles. The van der Waals surface area contributed by atoms with Gasteiger partial charge in [0.25, 0.3) is 0 Å². The minimum absolute atomic E-state index is 0.553. The summed E-state index contributed by atoms with van der Waals surface area (Å²) in [5, 5.41) is 5.14. The van der Waals surface area contributed by atoms with Gasteiger partial charge in [0.15, 0.2) is 0 Å². The van der Waals surface area contributed by atoms with Crippen molar-refractivity contribution in [3.63, 3.8) is 0 Å². The van der Waals surface area contributed by atoms with Gasteiger partial charge in [-0.1, -0.05) is 18.2 Å². The van der Waals surface area contributed by atoms with Crippen LogP contribution in [0.5, 0.6) is 0 Å². The Morgan fingerprint density at radius 2 is 1.57 bits per heavy atom. The molecule has 0 bridgehead atoms. The highest BCUT2D eigenvalue weighted by molar-refractivity contribution is 9.10. The summed E-state index contributed by atoms with van der Waals surface area (Å²) in [5.41, 5.74) is 3.34. The van der Waals surface area contributed by atoms with Gasteiger partial charge in [0.2, 0.25) is 0 Å². The molecule has 0 radical (unpaired) electrons. The van der Waals surface area contributed by atoms with E-state index < -0.39 is 11.8 Å². The van der Waals surface area contributed by atoms with Crippen LogP contribution in [0.1, 0.15) is 11.1 Å². The second-order valence-corrected chi connectivity index (χ2v) is 5.54. The Morgan fingerprint density at radius 1 is 0.905 bits per heavy atom. The van der Waals surface area contributed by atoms with Crippen LogP contribution in [-0.4, -0.2) is 11.8 Å². The first kappa shape index (κ1) is 15.3. The fourth-order valence-corrected chi connectivity index (χ4v) is 2.13. The molecule has 21 heavy (non-hydrogen) atoms. The summed E-state index contributed by atoms with van der Waals surface area (Å²) >= 11 is 3.31. The van der Waals surface area contributed by atoms with Crippen molar-refractivity contribution in [2.24, 2.45) is 0 Å². The number of carbonyl (C=O) groups is 2. The average molecular weight is 347 g/mol. The van der Waals surface area contributed by atoms with Crippen LogP contribution in [0.15, 0.2) is 46.9 Å². The minimum atomic E-state index is -0.708. The van der Waals surface area contributed by atoms with E-state index in [-0.39, 0.29) is 0 Å². The van der Waals surface area contributed by atoms with Crippen LogP contribution in [0.25, 0.3) is 0 Å². The van der Waals surface area contributed by atoms with E-state index in [0.29, 0.717) is 11.4 Å². The van der Waals surface area contributed by atoms with Gasteiger partial charge < -0.3 is 10.6 Å². The van der Waals surface area contributed by atoms with Crippen LogP contribution in [0, 0.1) is 13.8 Å². The lowest BCUT2D eigenvalue weighted by atomic mass is 10.1. The van der Waals surface area contributed by atoms with Crippen LogP contribution in [0.3, 0.4) is 0 Å². The maximum absolute atomic E-state index is 11.9. The quantitative estimate of drug-likeness (QED) is 0.815. The number of para-hydroxylation sites is 1. The van der Waals surface area contributed by atoms with E-state index in [1.807, 2.05) is 32.0 Å². The minimum Gasteiger partial charge on any atom is -0.318 e. The third-order valence-corrected chi connectivity index (χ3v) is 3.78. The van der Waals surface area contributed by atoms with Crippen LogP contribution >= 0.6 is 15.9 Å². The molecule has 2 aromatic carbocycles. The third-order valence-electron chi connectivity index (χ3n) is 3.09. The van der Waals surface area contributed by atoms with E-state index in [1.165, 1.54) is 0 Å². The first-order chi connectivity index (χ1) is 9.97. The number of anilines is 2. The molecule has 0 aliphatic heterocycles. The van der Waals surface area contributed by atoms with Gasteiger partial charge >= 0.3 is 11.8 Å². The van der Waals surface area contributed by atoms with Crippen LogP contribution < -0.4 is 10.6 Å². The van der Waals surface area contributed by atoms with E-state index in [0.717, 1.165) is 15.6 Å². The average Bonchev–Trinajstić information content (AvgIpc) is 2.45. The Morgan fingerprint density at radius 3 is 2.24 bits per heavy atom. The van der Waals surface area contributed by atoms with Crippen molar-refractivity contribution in [2.45, 2.75) is 13.8 Å². The number of nitrogens with one attached hydrogen (secondary N) is 2. The maximum Gasteiger partial charge on any atom is 0.314 e. The topological polar surface area (TPSA) is 58.2 Å². The number of amides is 2. The van der Waals surface area contributed by atoms with Crippen molar-refractivity contribution in [2.75, 3.05) is 10.6 Å². The molecule has 2 rings (SSSR count). The smallest absolute Gasteiger partial charge is 0.314 e. The Bertz CT molecular complexity index is 698. The van der Waals surface area contributed by atoms with Crippen molar-refractivity contribution < 1.29 is 9.59 Å². The first-order valence-electron chi connectivity index (χ1n) is 6.41. The van der Waals surface area contributed by atoms with E-state index in [1.54, 1.807) is 24.3 Å². The Balaban J connectivity index is 2.04. The zero-order chi connectivity index (χ0) is 15.4. The lowest BCUT2D eigenvalue weighted by Crippen LogP contribution is -2.29. The number of halogens is 1. The SMILES string of the molecule is Cc1ccc(NC(=O)C(=O)Nc2ccccc2Br)cc1C. The lowest BCUT2D eigenvalue weighted by Gasteiger charge is -2.09. The molecule has 2 aromatic rings. The highest BCUT2D eigenvalue weighted by Crippen LogP contribution is 2.21. The zero-order valence-corrected chi connectivity index (χ0v) is 13.3. The molecule has 108 valence electrons. The molecule has 0 unspecified atom stereocenters. The van der Waals surface area contributed by atoms with Crippen LogP contribution in [-0.2, 0) is 9.59 Å². The number of carbonyl (C=O) groups excluding carboxylic acids is 2. The number of aryl methyl sites for hydroxylation is 2. The Kier molecular flexibility index (Phi) is 4.75. The second-order valence-electron chi connectivity index (χ2n) is 4.69. The fraction of sp³-hybridized carbons (Fsp3) is 0.125. The van der Waals surface area contributed by atoms with Gasteiger partial charge in [-0.15, -0.1) is 0 Å². The molecule has 0 saturated carbocycles. The summed E-state index contributed by atoms with van der Waals surface area (Å²) in [6, 6.07) is 12.6. The monoisotopic (exact) mass is 346 g/mol. The van der Waals surface area contributed by atoms with Crippen molar-refractivity contribution >= 4 is 39.1 Å². The Hall–Kier alpha value is -2.14. The number of rotatable bonds is 2. The zero-order valence-electron chi connectivity index (χ0n) is 11.7. The maximum atomic E-state index is 11.9. The highest BCUT2D eigenvalue weighted by Gasteiger charge is 2.15. The summed E-state index contributed by atoms with van der Waals surface area (Å²) in [7, 11) is 0. The van der Waals surface area contributed by atoms with Crippen molar-refractivity contribution in [3.8, 4) is 0 Å². The molecule has 5 heteroatoms. The van der Waals surface area contributed by atoms with Gasteiger partial charge in [0.05, 0.1) is 5.69 Å². The van der Waals surface area contributed by atoms with E-state index >= 15 is 0 Å². The largest absolute Gasteiger partial charge is 0.318 e. The molecule has 4 nitrogen and oxygen atoms in total. The van der Waals surface area contributed by atoms with Gasteiger partial charge in [-0.05, 0) is 65.2 Å². The number of hydrogen-bond donors (Lipinski definition) is 2. The number of benzene rings is 2. The second kappa shape index (κ2) is 6.54. The molecule has 0 aliphatic carbocycles. The molecule has 0 saturated heterocycles. The molecule has 0 heterocycles. The Labute approximate surface area is 131 Å². The molecule has 2 N–H and O–H groups in total. The van der Waals surface area contributed by atoms with Crippen molar-refractivity contribution in [3.05, 3.63) is 58.1 Å². The van der Waals surface area contributed by atoms with Gasteiger partial charge in [-0.2, -0.15) is 0 Å². The molecular weight excluding hydrogens is 332 g/mol. The summed E-state index contributed by atoms with van der Waals surface area (Å²) in [6.07, 6.45) is 0. The molecule has 0 spiro atoms. The molecular formula is C16H15BrN2O2. The van der Waals surface area contributed by atoms with Gasteiger partial charge in [-0.3, -0.25) is 9.59 Å². The van der Waals surface area contributed by atoms with Gasteiger partial charge in [-0.25, -0.2) is 0 Å². The lowest BCUT2D eigenvalue weighted by molar-refractivity contribution is -0.133. The van der Waals surface area contributed by atoms with Gasteiger partial charge in [0.1, 0.15) is 0 Å². The van der Waals surface area contributed by atoms with Gasteiger partial charge in [0, 0.05) is 10.2 Å². The number of hydrogen-bond acceptors (Lipinski definition) is 2. The predicted molar refractivity (Wildman–Crippen MR) is 87.3 cm³/mol. The molecule has 2 amide bonds. The highest BCUT2D eigenvalue weighted by atomic mass is 79.9. The normalized spacial score (nSPS) is 10.0. The molecule has 0 fully saturated rings. The fourth-order valence-electron chi connectivity index (χ4n) is 1.75. The molecule has 0 atom stereocenters. The van der Waals surface area contributed by atoms with Crippen LogP contribution in [0.2, 0.25) is 0 Å². The summed E-state index contributed by atoms with van der Waals surface area (Å²) in [6.45, 7) is 3.94. The van der Waals surface area contributed by atoms with Crippen molar-refractivity contribution in [1.29, 1.82) is 0 Å². The van der Waals surface area contributed by atoms with E-state index in [2.05, 4.69) is 26.6 Å². The predicted octanol–water partition coefficient (Wildman–Crippen LogP) is 3.64. The van der Waals surface area contributed by atoms with Crippen molar-refractivity contribution in [1.82, 2.24) is 0 Å². The summed E-state index contributed by atoms with van der Waals surface area (Å²) in [4.78, 5) is 23.8. The first-order valence-corrected chi connectivity index (χ1v) is 7.21. The standard InChI is InChI=1S/C16H15BrN2O2/c1-10-7-8-12(9-11(10)2)18-15(20)16(21)19-14-6-4-3-5-13(14)17/h3-9H,1-2H3,(H,18,20)(H,19,21). The summed E-state index contributed by atoms with van der Waals surface area (Å²) < 4.78 is 0.720. The summed E-state index contributed by atoms with van der Waals surface area (Å²) in [5.74, 6) is -1.41. The third kappa shape index (κ3) is 3.92. The van der Waals surface area contributed by atoms with E-state index in [9.17, 15) is 9.59 Å². The van der Waals surface area contributed by atoms with Crippen LogP contribution in [0.4, 0.5) is 11.4 Å². The molecule has 0 aliphatic rings.